The predicted molar refractivity (Wildman–Crippen MR) is 218 cm³/mol. The molecule has 292 valence electrons. The maximum Gasteiger partial charge on any atom is 0.253 e. The highest BCUT2D eigenvalue weighted by Gasteiger charge is 2.17. The van der Waals surface area contributed by atoms with Gasteiger partial charge in [0.05, 0.1) is 23.0 Å². The Morgan fingerprint density at radius 1 is 0.509 bits per heavy atom. The number of halogens is 1. The third kappa shape index (κ3) is 23.5. The van der Waals surface area contributed by atoms with E-state index in [9.17, 15) is 38.4 Å². The van der Waals surface area contributed by atoms with Crippen LogP contribution in [0.25, 0.3) is 0 Å². The maximum absolute atomic E-state index is 12.7. The lowest BCUT2D eigenvalue weighted by Gasteiger charge is -2.23. The molecule has 14 nitrogen and oxygen atoms in total. The molecule has 0 saturated heterocycles. The summed E-state index contributed by atoms with van der Waals surface area (Å²) in [7, 11) is 0. The third-order valence-electron chi connectivity index (χ3n) is 6.53. The molecule has 19 heteroatoms. The average molecular weight is 832 g/mol. The molecule has 0 heterocycles. The van der Waals surface area contributed by atoms with Crippen molar-refractivity contribution in [1.82, 2.24) is 31.1 Å². The Kier molecular flexibility index (Phi) is 27.6. The zero-order valence-corrected chi connectivity index (χ0v) is 33.8. The Bertz CT molecular complexity index is 1420. The van der Waals surface area contributed by atoms with Gasteiger partial charge in [0.25, 0.3) is 11.8 Å². The van der Waals surface area contributed by atoms with Crippen molar-refractivity contribution in [2.24, 2.45) is 0 Å². The lowest BCUT2D eigenvalue weighted by molar-refractivity contribution is -0.119. The highest BCUT2D eigenvalue weighted by Crippen LogP contribution is 2.06. The summed E-state index contributed by atoms with van der Waals surface area (Å²) < 4.78 is 0. The largest absolute Gasteiger partial charge is 0.354 e. The van der Waals surface area contributed by atoms with Crippen LogP contribution in [0.5, 0.6) is 0 Å². The summed E-state index contributed by atoms with van der Waals surface area (Å²) in [5.74, 6) is -1.05. The number of amides is 6. The Morgan fingerprint density at radius 3 is 1.06 bits per heavy atom. The van der Waals surface area contributed by atoms with Crippen LogP contribution in [0, 0.1) is 0 Å². The number of thioether (sulfide) groups is 2. The molecule has 0 aliphatic carbocycles. The molecule has 0 bridgehead atoms. The first-order valence-corrected chi connectivity index (χ1v) is 19.3. The molecular weight excluding hydrogens is 784 g/mol. The van der Waals surface area contributed by atoms with E-state index in [1.165, 1.54) is 18.7 Å². The van der Waals surface area contributed by atoms with Crippen LogP contribution < -0.4 is 21.3 Å². The first-order chi connectivity index (χ1) is 24.9. The second-order valence-corrected chi connectivity index (χ2v) is 13.5. The Hall–Kier alpha value is -3.71. The van der Waals surface area contributed by atoms with E-state index in [0.29, 0.717) is 37.3 Å². The minimum Gasteiger partial charge on any atom is -0.354 e. The summed E-state index contributed by atoms with van der Waals surface area (Å²) >= 11 is 9.60. The highest BCUT2D eigenvalue weighted by molar-refractivity contribution is 8.14. The molecule has 0 aliphatic heterocycles. The van der Waals surface area contributed by atoms with Gasteiger partial charge < -0.3 is 31.1 Å². The smallest absolute Gasteiger partial charge is 0.253 e. The fourth-order valence-electron chi connectivity index (χ4n) is 4.03. The van der Waals surface area contributed by atoms with Gasteiger partial charge in [-0.2, -0.15) is 25.3 Å². The monoisotopic (exact) mass is 830 g/mol. The van der Waals surface area contributed by atoms with Crippen LogP contribution in [0.1, 0.15) is 34.6 Å². The predicted octanol–water partition coefficient (Wildman–Crippen LogP) is 1.56. The number of nitrogens with one attached hydrogen (secondary N) is 4. The summed E-state index contributed by atoms with van der Waals surface area (Å²) in [6.07, 6.45) is 0. The van der Waals surface area contributed by atoms with Crippen molar-refractivity contribution in [3.8, 4) is 0 Å². The van der Waals surface area contributed by atoms with Gasteiger partial charge in [-0.3, -0.25) is 38.4 Å². The molecule has 2 aromatic carbocycles. The molecule has 0 atom stereocenters. The molecule has 6 amide bonds. The third-order valence-corrected chi connectivity index (χ3v) is 8.73. The first-order valence-electron chi connectivity index (χ1n) is 16.1. The van der Waals surface area contributed by atoms with Gasteiger partial charge in [-0.1, -0.05) is 59.9 Å². The van der Waals surface area contributed by atoms with Crippen molar-refractivity contribution >= 4 is 107 Å². The Labute approximate surface area is 335 Å². The number of hydrogen-bond acceptors (Lipinski definition) is 12. The van der Waals surface area contributed by atoms with E-state index >= 15 is 0 Å². The highest BCUT2D eigenvalue weighted by atomic mass is 35.5. The van der Waals surface area contributed by atoms with E-state index in [1.807, 2.05) is 6.07 Å². The average Bonchev–Trinajstić information content (AvgIpc) is 3.15. The molecule has 0 fully saturated rings. The summed E-state index contributed by atoms with van der Waals surface area (Å²) in [4.78, 5) is 96.1. The standard InChI is InChI=1S/C19H25N3O5S2.C15H21N3O3S2.ClH/c1-14(23)28-12-17(25)20-8-10-22(19(27)16-6-4-3-5-7-16)11-9-21-18(26)13-29-15(2)24;19-13(10-22)16-6-8-18(9-7-17-14(20)11-23)15(21)12-4-2-1-3-5-12;/h3-7H,8-13H2,1-2H3,(H,20,25)(H,21,26);1-5,22-23H,6-11H2,(H,16,19)(H,17,20);1H. The van der Waals surface area contributed by atoms with Gasteiger partial charge in [-0.15, -0.1) is 12.4 Å². The molecule has 4 N–H and O–H groups in total. The van der Waals surface area contributed by atoms with Gasteiger partial charge in [-0.25, -0.2) is 0 Å². The van der Waals surface area contributed by atoms with Crippen LogP contribution in [0.15, 0.2) is 60.7 Å². The van der Waals surface area contributed by atoms with Crippen LogP contribution in [-0.2, 0) is 28.8 Å². The number of thiol groups is 2. The quantitative estimate of drug-likeness (QED) is 0.107. The Balaban J connectivity index is 0.00000103. The molecule has 0 aromatic heterocycles. The van der Waals surface area contributed by atoms with Gasteiger partial charge in [0.2, 0.25) is 23.6 Å². The normalized spacial score (nSPS) is 9.89. The molecule has 0 radical (unpaired) electrons. The van der Waals surface area contributed by atoms with Crippen LogP contribution >= 0.6 is 61.2 Å². The number of nitrogens with zero attached hydrogens (tertiary/aromatic N) is 2. The zero-order valence-electron chi connectivity index (χ0n) is 29.5. The van der Waals surface area contributed by atoms with Gasteiger partial charge in [0.15, 0.2) is 10.2 Å². The van der Waals surface area contributed by atoms with Crippen molar-refractivity contribution in [1.29, 1.82) is 0 Å². The lowest BCUT2D eigenvalue weighted by Crippen LogP contribution is -2.43. The van der Waals surface area contributed by atoms with Gasteiger partial charge >= 0.3 is 0 Å². The molecular formula is C34H47ClN6O8S4. The van der Waals surface area contributed by atoms with E-state index in [1.54, 1.807) is 59.5 Å². The van der Waals surface area contributed by atoms with E-state index in [4.69, 9.17) is 0 Å². The number of hydrogen-bond donors (Lipinski definition) is 6. The fourth-order valence-corrected chi connectivity index (χ4v) is 5.12. The van der Waals surface area contributed by atoms with Crippen LogP contribution in [-0.4, -0.2) is 131 Å². The summed E-state index contributed by atoms with van der Waals surface area (Å²) in [6, 6.07) is 17.6. The van der Waals surface area contributed by atoms with E-state index < -0.39 is 0 Å². The number of carbonyl (C=O) groups is 8. The van der Waals surface area contributed by atoms with Crippen molar-refractivity contribution in [3.63, 3.8) is 0 Å². The number of carbonyl (C=O) groups excluding carboxylic acids is 8. The first kappa shape index (κ1) is 49.3. The molecule has 0 spiro atoms. The maximum atomic E-state index is 12.7. The molecule has 0 unspecified atom stereocenters. The van der Waals surface area contributed by atoms with Crippen molar-refractivity contribution in [2.45, 2.75) is 13.8 Å². The van der Waals surface area contributed by atoms with Crippen molar-refractivity contribution in [2.75, 3.05) is 75.4 Å². The second-order valence-electron chi connectivity index (χ2n) is 10.6. The van der Waals surface area contributed by atoms with Crippen molar-refractivity contribution in [3.05, 3.63) is 71.8 Å². The van der Waals surface area contributed by atoms with E-state index in [-0.39, 0.29) is 107 Å². The number of rotatable bonds is 20. The lowest BCUT2D eigenvalue weighted by atomic mass is 10.2. The molecule has 53 heavy (non-hydrogen) atoms. The van der Waals surface area contributed by atoms with Gasteiger partial charge in [-0.05, 0) is 24.3 Å². The molecule has 0 aliphatic rings. The van der Waals surface area contributed by atoms with Crippen molar-refractivity contribution < 1.29 is 38.4 Å². The van der Waals surface area contributed by atoms with E-state index in [2.05, 4.69) is 46.5 Å². The second kappa shape index (κ2) is 29.7. The zero-order chi connectivity index (χ0) is 38.7. The van der Waals surface area contributed by atoms with Gasteiger partial charge in [0.1, 0.15) is 0 Å². The Morgan fingerprint density at radius 2 is 0.792 bits per heavy atom. The SMILES string of the molecule is CC(=O)SCC(=O)NCCN(CCNC(=O)CSC(C)=O)C(=O)c1ccccc1.Cl.O=C(CS)NCCN(CCNC(=O)CS)C(=O)c1ccccc1. The van der Waals surface area contributed by atoms with Gasteiger partial charge in [0, 0.05) is 77.3 Å². The summed E-state index contributed by atoms with van der Waals surface area (Å²) in [5.41, 5.74) is 1.07. The van der Waals surface area contributed by atoms with Crippen LogP contribution in [0.4, 0.5) is 0 Å². The summed E-state index contributed by atoms with van der Waals surface area (Å²) in [5, 5.41) is 10.4. The van der Waals surface area contributed by atoms with Crippen LogP contribution in [0.2, 0.25) is 0 Å². The minimum atomic E-state index is -0.285. The molecule has 2 rings (SSSR count). The molecule has 0 saturated carbocycles. The minimum absolute atomic E-state index is 0. The van der Waals surface area contributed by atoms with Crippen LogP contribution in [0.3, 0.4) is 0 Å². The van der Waals surface area contributed by atoms with E-state index in [0.717, 1.165) is 23.5 Å². The summed E-state index contributed by atoms with van der Waals surface area (Å²) in [6.45, 7) is 5.10. The molecule has 2 aromatic rings. The topological polar surface area (TPSA) is 191 Å². The number of benzene rings is 2. The fraction of sp³-hybridized carbons (Fsp3) is 0.412.